The molecule has 0 aliphatic heterocycles. The zero-order valence-corrected chi connectivity index (χ0v) is 23.8. The molecule has 0 bridgehead atoms. The number of nitrogens with zero attached hydrogens (tertiary/aromatic N) is 6. The Morgan fingerprint density at radius 3 is 2.22 bits per heavy atom. The zero-order chi connectivity index (χ0) is 29.1. The molecule has 1 amide bonds. The van der Waals surface area contributed by atoms with Crippen molar-refractivity contribution in [1.29, 1.82) is 0 Å². The molecule has 41 heavy (non-hydrogen) atoms. The Hall–Kier alpha value is -5.12. The van der Waals surface area contributed by atoms with Crippen molar-refractivity contribution >= 4 is 33.8 Å². The summed E-state index contributed by atoms with van der Waals surface area (Å²) in [5.41, 5.74) is 7.18. The number of amides is 1. The lowest BCUT2D eigenvalue weighted by atomic mass is 10.0. The maximum absolute atomic E-state index is 12.6. The minimum atomic E-state index is -0.569. The number of anilines is 1. The Morgan fingerprint density at radius 2 is 1.54 bits per heavy atom. The first-order valence-corrected chi connectivity index (χ1v) is 13.3. The summed E-state index contributed by atoms with van der Waals surface area (Å²) in [6.45, 7) is 5.49. The van der Waals surface area contributed by atoms with E-state index in [0.29, 0.717) is 5.69 Å². The highest BCUT2D eigenvalue weighted by Crippen LogP contribution is 2.32. The molecular formula is C31H31N7O3. The number of rotatable bonds is 4. The number of hydrogen-bond donors (Lipinski definition) is 1. The third-order valence-corrected chi connectivity index (χ3v) is 7.08. The number of aryl methyl sites for hydroxylation is 3. The van der Waals surface area contributed by atoms with E-state index in [-0.39, 0.29) is 5.69 Å². The highest BCUT2D eigenvalue weighted by atomic mass is 16.6. The average molecular weight is 550 g/mol. The summed E-state index contributed by atoms with van der Waals surface area (Å²) >= 11 is 0. The van der Waals surface area contributed by atoms with Gasteiger partial charge in [-0.1, -0.05) is 18.2 Å². The van der Waals surface area contributed by atoms with Gasteiger partial charge >= 0.3 is 11.8 Å². The lowest BCUT2D eigenvalue weighted by molar-refractivity contribution is 0.0636. The number of nitrogens with one attached hydrogen (secondary N) is 1. The van der Waals surface area contributed by atoms with E-state index >= 15 is 0 Å². The predicted octanol–water partition coefficient (Wildman–Crippen LogP) is 5.63. The lowest BCUT2D eigenvalue weighted by Gasteiger charge is -2.19. The van der Waals surface area contributed by atoms with Crippen LogP contribution in [0, 0.1) is 0 Å². The van der Waals surface area contributed by atoms with Gasteiger partial charge in [-0.2, -0.15) is 0 Å². The van der Waals surface area contributed by atoms with Crippen LogP contribution in [0.1, 0.15) is 20.8 Å². The van der Waals surface area contributed by atoms with Crippen molar-refractivity contribution in [3.63, 3.8) is 0 Å². The lowest BCUT2D eigenvalue weighted by Crippen LogP contribution is -2.27. The Morgan fingerprint density at radius 1 is 0.854 bits per heavy atom. The summed E-state index contributed by atoms with van der Waals surface area (Å²) in [5.74, 6) is 0.745. The largest absolute Gasteiger partial charge is 0.444 e. The molecule has 0 saturated carbocycles. The first-order chi connectivity index (χ1) is 19.5. The van der Waals surface area contributed by atoms with E-state index in [1.165, 1.54) is 0 Å². The van der Waals surface area contributed by atoms with Crippen LogP contribution in [0.3, 0.4) is 0 Å². The molecule has 3 aromatic carbocycles. The molecule has 1 N–H and O–H groups in total. The minimum Gasteiger partial charge on any atom is -0.444 e. The van der Waals surface area contributed by atoms with E-state index in [2.05, 4.69) is 33.1 Å². The number of benzene rings is 3. The van der Waals surface area contributed by atoms with Gasteiger partial charge in [0.2, 0.25) is 0 Å². The third kappa shape index (κ3) is 4.67. The van der Waals surface area contributed by atoms with Crippen LogP contribution in [0.4, 0.5) is 10.5 Å². The Labute approximate surface area is 236 Å². The molecule has 0 aliphatic rings. The molecule has 0 fully saturated rings. The molecule has 0 unspecified atom stereocenters. The summed E-state index contributed by atoms with van der Waals surface area (Å²) in [6.07, 6.45) is 3.06. The van der Waals surface area contributed by atoms with Crippen LogP contribution >= 0.6 is 0 Å². The second-order valence-corrected chi connectivity index (χ2v) is 11.1. The first-order valence-electron chi connectivity index (χ1n) is 13.3. The summed E-state index contributed by atoms with van der Waals surface area (Å²) in [4.78, 5) is 34.1. The minimum absolute atomic E-state index is 0.0727. The van der Waals surface area contributed by atoms with Gasteiger partial charge in [-0.05, 0) is 74.4 Å². The molecule has 6 aromatic rings. The van der Waals surface area contributed by atoms with Crippen LogP contribution in [0.5, 0.6) is 0 Å². The van der Waals surface area contributed by atoms with Crippen molar-refractivity contribution in [2.24, 2.45) is 21.1 Å². The molecule has 208 valence electrons. The van der Waals surface area contributed by atoms with Crippen LogP contribution in [0.2, 0.25) is 0 Å². The monoisotopic (exact) mass is 549 g/mol. The predicted molar refractivity (Wildman–Crippen MR) is 160 cm³/mol. The fraction of sp³-hybridized carbons (Fsp3) is 0.226. The molecular weight excluding hydrogens is 518 g/mol. The van der Waals surface area contributed by atoms with Gasteiger partial charge in [0, 0.05) is 32.5 Å². The molecule has 6 rings (SSSR count). The highest BCUT2D eigenvalue weighted by Gasteiger charge is 2.19. The second kappa shape index (κ2) is 9.51. The van der Waals surface area contributed by atoms with Crippen molar-refractivity contribution < 1.29 is 9.53 Å². The third-order valence-electron chi connectivity index (χ3n) is 7.08. The van der Waals surface area contributed by atoms with Gasteiger partial charge < -0.3 is 9.30 Å². The van der Waals surface area contributed by atoms with Crippen LogP contribution in [-0.4, -0.2) is 39.9 Å². The van der Waals surface area contributed by atoms with Crippen LogP contribution in [0.25, 0.3) is 50.4 Å². The molecule has 3 aromatic heterocycles. The van der Waals surface area contributed by atoms with E-state index < -0.39 is 11.7 Å². The van der Waals surface area contributed by atoms with Gasteiger partial charge in [-0.3, -0.25) is 19.0 Å². The number of carbonyl (C=O) groups excluding carboxylic acids is 1. The first kappa shape index (κ1) is 26.1. The molecule has 0 saturated heterocycles. The molecule has 0 atom stereocenters. The van der Waals surface area contributed by atoms with E-state index in [0.717, 1.165) is 50.4 Å². The average Bonchev–Trinajstić information content (AvgIpc) is 3.58. The fourth-order valence-corrected chi connectivity index (χ4v) is 5.07. The van der Waals surface area contributed by atoms with Gasteiger partial charge in [0.05, 0.1) is 34.6 Å². The number of fused-ring (bicyclic) bond motifs is 2. The summed E-state index contributed by atoms with van der Waals surface area (Å²) in [5, 5.41) is 2.77. The molecule has 0 radical (unpaired) electrons. The zero-order valence-electron chi connectivity index (χ0n) is 23.8. The van der Waals surface area contributed by atoms with Gasteiger partial charge in [0.25, 0.3) is 0 Å². The Bertz CT molecular complexity index is 2000. The van der Waals surface area contributed by atoms with Gasteiger partial charge in [-0.15, -0.1) is 0 Å². The Balaban J connectivity index is 1.43. The highest BCUT2D eigenvalue weighted by molar-refractivity contribution is 5.89. The van der Waals surface area contributed by atoms with Crippen molar-refractivity contribution in [3.05, 3.63) is 83.7 Å². The van der Waals surface area contributed by atoms with Crippen LogP contribution in [-0.2, 0) is 25.9 Å². The summed E-state index contributed by atoms with van der Waals surface area (Å²) in [6, 6.07) is 19.8. The number of imidazole rings is 3. The van der Waals surface area contributed by atoms with Gasteiger partial charge in [-0.25, -0.2) is 19.6 Å². The SMILES string of the molecule is Cn1cncc1-c1nc2cc(-c3ccc(NC(=O)OC(C)(C)C)cc3)ccc2n1-c1ccc2c(c1)n(C)c(=O)n2C. The fourth-order valence-electron chi connectivity index (χ4n) is 5.07. The maximum atomic E-state index is 12.6. The topological polar surface area (TPSA) is 101 Å². The van der Waals surface area contributed by atoms with Crippen LogP contribution in [0.15, 0.2) is 78.0 Å². The quantitative estimate of drug-likeness (QED) is 0.307. The van der Waals surface area contributed by atoms with Gasteiger partial charge in [0.15, 0.2) is 5.82 Å². The standard InChI is InChI=1S/C31H31N7O3/c1-31(2,3)41-29(39)33-21-10-7-19(8-11-21)20-9-13-24-23(15-20)34-28(27-17-32-18-35(27)4)38(24)22-12-14-25-26(16-22)37(6)30(40)36(25)5/h7-18H,1-6H3,(H,33,39). The van der Waals surface area contributed by atoms with Gasteiger partial charge in [0.1, 0.15) is 11.3 Å². The number of hydrogen-bond acceptors (Lipinski definition) is 5. The van der Waals surface area contributed by atoms with E-state index in [9.17, 15) is 9.59 Å². The molecule has 0 aliphatic carbocycles. The summed E-state index contributed by atoms with van der Waals surface area (Å²) < 4.78 is 12.7. The smallest absolute Gasteiger partial charge is 0.412 e. The van der Waals surface area contributed by atoms with E-state index in [1.54, 1.807) is 35.8 Å². The molecule has 10 heteroatoms. The normalized spacial score (nSPS) is 11.9. The van der Waals surface area contributed by atoms with Crippen molar-refractivity contribution in [1.82, 2.24) is 28.2 Å². The summed E-state index contributed by atoms with van der Waals surface area (Å²) in [7, 11) is 5.50. The van der Waals surface area contributed by atoms with Crippen LogP contribution < -0.4 is 11.0 Å². The molecule has 0 spiro atoms. The number of ether oxygens (including phenoxy) is 1. The maximum Gasteiger partial charge on any atom is 0.412 e. The molecule has 10 nitrogen and oxygen atoms in total. The van der Waals surface area contributed by atoms with Crippen molar-refractivity contribution in [2.75, 3.05) is 5.32 Å². The number of carbonyl (C=O) groups is 1. The second-order valence-electron chi connectivity index (χ2n) is 11.1. The number of aromatic nitrogens is 6. The molecule has 3 heterocycles. The van der Waals surface area contributed by atoms with E-state index in [4.69, 9.17) is 9.72 Å². The van der Waals surface area contributed by atoms with E-state index in [1.807, 2.05) is 74.9 Å². The Kier molecular flexibility index (Phi) is 6.06. The van der Waals surface area contributed by atoms with Crippen molar-refractivity contribution in [2.45, 2.75) is 26.4 Å². The van der Waals surface area contributed by atoms with Crippen molar-refractivity contribution in [3.8, 4) is 28.3 Å².